The molecule has 1 atom stereocenters. The van der Waals surface area contributed by atoms with Crippen molar-refractivity contribution in [3.63, 3.8) is 0 Å². The minimum absolute atomic E-state index is 0.0844. The molecule has 0 saturated heterocycles. The maximum Gasteiger partial charge on any atom is 0.306 e. The molecule has 0 N–H and O–H groups in total. The van der Waals surface area contributed by atoms with Gasteiger partial charge in [-0.15, -0.1) is 0 Å². The average molecular weight is 1070 g/mol. The fraction of sp³-hybridized carbons (Fsp3) is 0.676. The van der Waals surface area contributed by atoms with E-state index in [1.165, 1.54) is 109 Å². The van der Waals surface area contributed by atoms with Crippen LogP contribution < -0.4 is 0 Å². The van der Waals surface area contributed by atoms with Crippen molar-refractivity contribution in [2.45, 2.75) is 297 Å². The zero-order chi connectivity index (χ0) is 55.7. The molecule has 0 spiro atoms. The molecule has 0 amide bonds. The summed E-state index contributed by atoms with van der Waals surface area (Å²) in [7, 11) is 0. The van der Waals surface area contributed by atoms with Gasteiger partial charge in [0.2, 0.25) is 0 Å². The molecule has 6 heteroatoms. The maximum atomic E-state index is 12.8. The highest BCUT2D eigenvalue weighted by molar-refractivity contribution is 5.71. The van der Waals surface area contributed by atoms with Crippen molar-refractivity contribution in [3.8, 4) is 0 Å². The van der Waals surface area contributed by atoms with E-state index in [0.29, 0.717) is 19.3 Å². The lowest BCUT2D eigenvalue weighted by Crippen LogP contribution is -2.30. The highest BCUT2D eigenvalue weighted by Crippen LogP contribution is 2.16. The van der Waals surface area contributed by atoms with Gasteiger partial charge >= 0.3 is 17.9 Å². The third-order valence-electron chi connectivity index (χ3n) is 13.5. The summed E-state index contributed by atoms with van der Waals surface area (Å²) in [6, 6.07) is 0. The molecule has 0 aliphatic carbocycles. The van der Waals surface area contributed by atoms with Gasteiger partial charge < -0.3 is 14.2 Å². The summed E-state index contributed by atoms with van der Waals surface area (Å²) in [4.78, 5) is 37.9. The summed E-state index contributed by atoms with van der Waals surface area (Å²) in [5, 5.41) is 0. The molecule has 6 nitrogen and oxygen atoms in total. The Morgan fingerprint density at radius 1 is 0.273 bits per heavy atom. The summed E-state index contributed by atoms with van der Waals surface area (Å²) >= 11 is 0. The Balaban J connectivity index is 4.07. The third kappa shape index (κ3) is 62.5. The van der Waals surface area contributed by atoms with E-state index in [1.807, 2.05) is 0 Å². The van der Waals surface area contributed by atoms with Crippen molar-refractivity contribution in [3.05, 3.63) is 122 Å². The van der Waals surface area contributed by atoms with Crippen LogP contribution in [-0.2, 0) is 28.6 Å². The highest BCUT2D eigenvalue weighted by Gasteiger charge is 2.19. The van der Waals surface area contributed by atoms with Gasteiger partial charge in [-0.05, 0) is 109 Å². The van der Waals surface area contributed by atoms with Crippen LogP contribution in [-0.4, -0.2) is 37.2 Å². The first kappa shape index (κ1) is 72.8. The van der Waals surface area contributed by atoms with Crippen LogP contribution in [0.5, 0.6) is 0 Å². The minimum atomic E-state index is -0.785. The Labute approximate surface area is 475 Å². The Kier molecular flexibility index (Phi) is 60.8. The van der Waals surface area contributed by atoms with Gasteiger partial charge in [-0.2, -0.15) is 0 Å². The lowest BCUT2D eigenvalue weighted by Gasteiger charge is -2.18. The van der Waals surface area contributed by atoms with Crippen LogP contribution >= 0.6 is 0 Å². The second kappa shape index (κ2) is 64.3. The third-order valence-corrected chi connectivity index (χ3v) is 13.5. The van der Waals surface area contributed by atoms with Gasteiger partial charge in [-0.3, -0.25) is 14.4 Å². The second-order valence-electron chi connectivity index (χ2n) is 20.9. The molecule has 0 rings (SSSR count). The Morgan fingerprint density at radius 3 is 0.792 bits per heavy atom. The topological polar surface area (TPSA) is 78.9 Å². The molecule has 0 aromatic carbocycles. The van der Waals surface area contributed by atoms with Gasteiger partial charge in [0.15, 0.2) is 6.10 Å². The van der Waals surface area contributed by atoms with E-state index in [-0.39, 0.29) is 31.1 Å². The first-order valence-corrected chi connectivity index (χ1v) is 32.0. The van der Waals surface area contributed by atoms with E-state index in [9.17, 15) is 14.4 Å². The van der Waals surface area contributed by atoms with Gasteiger partial charge in [0.25, 0.3) is 0 Å². The number of allylic oxidation sites excluding steroid dienone is 20. The Bertz CT molecular complexity index is 1600. The fourth-order valence-electron chi connectivity index (χ4n) is 8.73. The van der Waals surface area contributed by atoms with Gasteiger partial charge in [0.1, 0.15) is 13.2 Å². The molecule has 0 aliphatic rings. The van der Waals surface area contributed by atoms with E-state index in [2.05, 4.69) is 142 Å². The number of carbonyl (C=O) groups is 3. The van der Waals surface area contributed by atoms with Crippen molar-refractivity contribution >= 4 is 17.9 Å². The van der Waals surface area contributed by atoms with Gasteiger partial charge in [0.05, 0.1) is 0 Å². The first-order chi connectivity index (χ1) is 38.0. The number of carbonyl (C=O) groups excluding carboxylic acids is 3. The number of rotatable bonds is 57. The van der Waals surface area contributed by atoms with Crippen LogP contribution in [0.25, 0.3) is 0 Å². The van der Waals surface area contributed by atoms with Crippen molar-refractivity contribution in [1.82, 2.24) is 0 Å². The average Bonchev–Trinajstić information content (AvgIpc) is 3.43. The molecule has 0 aromatic rings. The van der Waals surface area contributed by atoms with E-state index in [4.69, 9.17) is 14.2 Å². The van der Waals surface area contributed by atoms with Crippen LogP contribution in [0.3, 0.4) is 0 Å². The van der Waals surface area contributed by atoms with Gasteiger partial charge in [0, 0.05) is 19.3 Å². The largest absolute Gasteiger partial charge is 0.462 e. The SMILES string of the molecule is CC/C=C\C/C=C\C/C=C\C/C=C\C/C=C\C/C=C\CCCCCCCCC(=O)OC(COC(=O)CCCCCCC)COC(=O)CCCCCCCCCCCCCCCCCC/C=C\C/C=C\C/C=C\C/C=C\CC. The summed E-state index contributed by atoms with van der Waals surface area (Å²) < 4.78 is 16.8. The molecule has 0 bridgehead atoms. The summed E-state index contributed by atoms with van der Waals surface area (Å²) in [6.07, 6.45) is 89.7. The molecule has 0 fully saturated rings. The number of hydrogen-bond acceptors (Lipinski definition) is 6. The van der Waals surface area contributed by atoms with Crippen molar-refractivity contribution < 1.29 is 28.6 Å². The zero-order valence-electron chi connectivity index (χ0n) is 50.2. The highest BCUT2D eigenvalue weighted by atomic mass is 16.6. The normalized spacial score (nSPS) is 12.9. The van der Waals surface area contributed by atoms with Crippen molar-refractivity contribution in [1.29, 1.82) is 0 Å². The molecule has 0 aliphatic heterocycles. The summed E-state index contributed by atoms with van der Waals surface area (Å²) in [5.41, 5.74) is 0. The van der Waals surface area contributed by atoms with Crippen LogP contribution in [0.4, 0.5) is 0 Å². The Hall–Kier alpha value is -4.19. The summed E-state index contributed by atoms with van der Waals surface area (Å²) in [6.45, 7) is 6.33. The molecule has 438 valence electrons. The maximum absolute atomic E-state index is 12.8. The molecule has 1 unspecified atom stereocenters. The van der Waals surface area contributed by atoms with E-state index < -0.39 is 6.10 Å². The van der Waals surface area contributed by atoms with Crippen LogP contribution in [0.1, 0.15) is 290 Å². The zero-order valence-corrected chi connectivity index (χ0v) is 50.2. The molecule has 0 saturated carbocycles. The number of esters is 3. The monoisotopic (exact) mass is 1070 g/mol. The predicted molar refractivity (Wildman–Crippen MR) is 334 cm³/mol. The lowest BCUT2D eigenvalue weighted by atomic mass is 10.0. The number of unbranched alkanes of at least 4 members (excludes halogenated alkanes) is 26. The van der Waals surface area contributed by atoms with Gasteiger partial charge in [-0.25, -0.2) is 0 Å². The first-order valence-electron chi connectivity index (χ1n) is 32.0. The Morgan fingerprint density at radius 2 is 0.506 bits per heavy atom. The van der Waals surface area contributed by atoms with Crippen molar-refractivity contribution in [2.24, 2.45) is 0 Å². The van der Waals surface area contributed by atoms with E-state index in [1.54, 1.807) is 0 Å². The minimum Gasteiger partial charge on any atom is -0.462 e. The lowest BCUT2D eigenvalue weighted by molar-refractivity contribution is -0.167. The molecule has 0 aromatic heterocycles. The standard InChI is InChI=1S/C71H118O6/c1-4-7-10-13-15-17-19-21-23-25-27-29-31-33-34-35-36-38-39-41-43-45-47-49-51-53-55-58-61-64-70(73)76-67-68(66-75-69(72)63-60-57-12-9-6-3)77-71(74)65-62-59-56-54-52-50-48-46-44-42-40-37-32-30-28-26-24-22-20-18-16-14-11-8-5-2/h7-8,10-11,15-18,21-24,27-30,37,40,44,46,68H,4-6,9,12-14,19-20,25-26,31-36,38-39,41-43,45,47-67H2,1-3H3/b10-7-,11-8-,17-15-,18-16-,23-21-,24-22-,29-27-,30-28-,40-37-,46-44-. The quantitative estimate of drug-likeness (QED) is 0.0261. The molecular formula is C71H118O6. The molecule has 77 heavy (non-hydrogen) atoms. The smallest absolute Gasteiger partial charge is 0.306 e. The number of ether oxygens (including phenoxy) is 3. The predicted octanol–water partition coefficient (Wildman–Crippen LogP) is 22.0. The van der Waals surface area contributed by atoms with Crippen molar-refractivity contribution in [2.75, 3.05) is 13.2 Å². The van der Waals surface area contributed by atoms with Crippen LogP contribution in [0.15, 0.2) is 122 Å². The number of hydrogen-bond donors (Lipinski definition) is 0. The second-order valence-corrected chi connectivity index (χ2v) is 20.9. The summed E-state index contributed by atoms with van der Waals surface area (Å²) in [5.74, 6) is -0.909. The fourth-order valence-corrected chi connectivity index (χ4v) is 8.73. The van der Waals surface area contributed by atoms with Crippen LogP contribution in [0.2, 0.25) is 0 Å². The molecule has 0 heterocycles. The van der Waals surface area contributed by atoms with E-state index in [0.717, 1.165) is 141 Å². The van der Waals surface area contributed by atoms with Crippen LogP contribution in [0, 0.1) is 0 Å². The molecular weight excluding hydrogens is 949 g/mol. The molecule has 0 radical (unpaired) electrons. The van der Waals surface area contributed by atoms with Gasteiger partial charge in [-0.1, -0.05) is 284 Å². The van der Waals surface area contributed by atoms with E-state index >= 15 is 0 Å².